The summed E-state index contributed by atoms with van der Waals surface area (Å²) in [5.41, 5.74) is 5.13. The molecule has 0 amide bonds. The number of rotatable bonds is 3. The highest BCUT2D eigenvalue weighted by atomic mass is 14.9. The number of hydrogen-bond acceptors (Lipinski definition) is 3. The molecule has 2 aromatic rings. The fourth-order valence-electron chi connectivity index (χ4n) is 1.93. The van der Waals surface area contributed by atoms with E-state index in [-0.39, 0.29) is 0 Å². The number of nitriles is 1. The van der Waals surface area contributed by atoms with Gasteiger partial charge in [-0.2, -0.15) is 5.26 Å². The van der Waals surface area contributed by atoms with Gasteiger partial charge in [0.2, 0.25) is 0 Å². The van der Waals surface area contributed by atoms with Crippen LogP contribution in [0.5, 0.6) is 0 Å². The Morgan fingerprint density at radius 2 is 1.94 bits per heavy atom. The number of aryl methyl sites for hydroxylation is 2. The van der Waals surface area contributed by atoms with E-state index in [4.69, 9.17) is 5.26 Å². The van der Waals surface area contributed by atoms with Crippen molar-refractivity contribution in [3.8, 4) is 6.07 Å². The lowest BCUT2D eigenvalue weighted by Gasteiger charge is -2.12. The average molecular weight is 237 g/mol. The highest BCUT2D eigenvalue weighted by Crippen LogP contribution is 2.20. The van der Waals surface area contributed by atoms with E-state index in [0.717, 1.165) is 11.3 Å². The zero-order valence-electron chi connectivity index (χ0n) is 10.6. The molecule has 0 unspecified atom stereocenters. The third-order valence-electron chi connectivity index (χ3n) is 2.89. The Balaban J connectivity index is 2.14. The third kappa shape index (κ3) is 2.67. The van der Waals surface area contributed by atoms with Crippen LogP contribution in [0.4, 0.5) is 5.69 Å². The normalized spacial score (nSPS) is 9.83. The van der Waals surface area contributed by atoms with E-state index in [1.807, 2.05) is 12.1 Å². The molecule has 1 aromatic carbocycles. The van der Waals surface area contributed by atoms with Gasteiger partial charge in [-0.05, 0) is 42.7 Å². The summed E-state index contributed by atoms with van der Waals surface area (Å²) in [4.78, 5) is 3.96. The van der Waals surface area contributed by atoms with E-state index in [2.05, 4.69) is 42.3 Å². The quantitative estimate of drug-likeness (QED) is 0.891. The number of nitrogens with one attached hydrogen (secondary N) is 1. The largest absolute Gasteiger partial charge is 0.381 e. The second-order valence-corrected chi connectivity index (χ2v) is 4.28. The Morgan fingerprint density at radius 3 is 2.61 bits per heavy atom. The molecule has 3 nitrogen and oxygen atoms in total. The first-order chi connectivity index (χ1) is 8.70. The third-order valence-corrected chi connectivity index (χ3v) is 2.89. The molecule has 0 saturated heterocycles. The predicted octanol–water partition coefficient (Wildman–Crippen LogP) is 3.18. The second-order valence-electron chi connectivity index (χ2n) is 4.28. The van der Waals surface area contributed by atoms with E-state index in [1.54, 1.807) is 12.3 Å². The zero-order chi connectivity index (χ0) is 13.0. The molecule has 0 saturated carbocycles. The van der Waals surface area contributed by atoms with Crippen molar-refractivity contribution >= 4 is 5.69 Å². The van der Waals surface area contributed by atoms with Crippen molar-refractivity contribution in [2.75, 3.05) is 5.32 Å². The van der Waals surface area contributed by atoms with Crippen LogP contribution in [0.2, 0.25) is 0 Å². The molecule has 1 heterocycles. The smallest absolute Gasteiger partial charge is 0.140 e. The minimum atomic E-state index is 0.454. The Bertz CT molecular complexity index is 577. The van der Waals surface area contributed by atoms with E-state index in [9.17, 15) is 0 Å². The van der Waals surface area contributed by atoms with Crippen molar-refractivity contribution in [2.45, 2.75) is 20.4 Å². The fourth-order valence-corrected chi connectivity index (χ4v) is 1.93. The van der Waals surface area contributed by atoms with E-state index in [1.165, 1.54) is 11.1 Å². The molecule has 18 heavy (non-hydrogen) atoms. The van der Waals surface area contributed by atoms with Crippen molar-refractivity contribution in [1.82, 2.24) is 4.98 Å². The maximum atomic E-state index is 8.80. The molecular weight excluding hydrogens is 222 g/mol. The topological polar surface area (TPSA) is 48.7 Å². The van der Waals surface area contributed by atoms with Crippen LogP contribution >= 0.6 is 0 Å². The van der Waals surface area contributed by atoms with Gasteiger partial charge in [0.05, 0.1) is 0 Å². The molecule has 90 valence electrons. The molecule has 1 aromatic heterocycles. The molecule has 1 N–H and O–H groups in total. The van der Waals surface area contributed by atoms with Crippen molar-refractivity contribution in [2.24, 2.45) is 0 Å². The Hall–Kier alpha value is -2.34. The van der Waals surface area contributed by atoms with Crippen molar-refractivity contribution < 1.29 is 0 Å². The van der Waals surface area contributed by atoms with Gasteiger partial charge in [0.25, 0.3) is 0 Å². The van der Waals surface area contributed by atoms with Crippen LogP contribution in [0.25, 0.3) is 0 Å². The molecule has 2 rings (SSSR count). The maximum absolute atomic E-state index is 8.80. The number of pyridine rings is 1. The van der Waals surface area contributed by atoms with Gasteiger partial charge < -0.3 is 5.32 Å². The van der Waals surface area contributed by atoms with Gasteiger partial charge in [0.1, 0.15) is 11.8 Å². The first-order valence-electron chi connectivity index (χ1n) is 5.86. The highest BCUT2D eigenvalue weighted by molar-refractivity contribution is 5.56. The SMILES string of the molecule is Cc1cccc(C)c1NCc1ccnc(C#N)c1. The van der Waals surface area contributed by atoms with Gasteiger partial charge in [0.15, 0.2) is 0 Å². The molecule has 0 aliphatic heterocycles. The van der Waals surface area contributed by atoms with Crippen molar-refractivity contribution in [3.63, 3.8) is 0 Å². The summed E-state index contributed by atoms with van der Waals surface area (Å²) in [6.07, 6.45) is 1.67. The molecule has 0 atom stereocenters. The van der Waals surface area contributed by atoms with Gasteiger partial charge in [-0.25, -0.2) is 4.98 Å². The van der Waals surface area contributed by atoms with Gasteiger partial charge in [-0.3, -0.25) is 0 Å². The summed E-state index contributed by atoms with van der Waals surface area (Å²) in [7, 11) is 0. The summed E-state index contributed by atoms with van der Waals surface area (Å²) >= 11 is 0. The molecule has 0 radical (unpaired) electrons. The lowest BCUT2D eigenvalue weighted by atomic mass is 10.1. The lowest BCUT2D eigenvalue weighted by molar-refractivity contribution is 1.10. The van der Waals surface area contributed by atoms with Gasteiger partial charge >= 0.3 is 0 Å². The van der Waals surface area contributed by atoms with Crippen LogP contribution in [0.3, 0.4) is 0 Å². The summed E-state index contributed by atoms with van der Waals surface area (Å²) in [5, 5.41) is 12.2. The monoisotopic (exact) mass is 237 g/mol. The van der Waals surface area contributed by atoms with Crippen LogP contribution in [0, 0.1) is 25.2 Å². The first kappa shape index (κ1) is 12.1. The first-order valence-corrected chi connectivity index (χ1v) is 5.86. The summed E-state index contributed by atoms with van der Waals surface area (Å²) in [5.74, 6) is 0. The Kier molecular flexibility index (Phi) is 3.59. The average Bonchev–Trinajstić information content (AvgIpc) is 2.38. The lowest BCUT2D eigenvalue weighted by Crippen LogP contribution is -2.03. The van der Waals surface area contributed by atoms with Gasteiger partial charge in [-0.1, -0.05) is 18.2 Å². The van der Waals surface area contributed by atoms with Crippen LogP contribution < -0.4 is 5.32 Å². The summed E-state index contributed by atoms with van der Waals surface area (Å²) < 4.78 is 0. The Labute approximate surface area is 107 Å². The van der Waals surface area contributed by atoms with E-state index in [0.29, 0.717) is 12.2 Å². The number of aromatic nitrogens is 1. The molecular formula is C15H15N3. The van der Waals surface area contributed by atoms with Gasteiger partial charge in [0, 0.05) is 18.4 Å². The number of nitrogens with zero attached hydrogens (tertiary/aromatic N) is 2. The number of benzene rings is 1. The fraction of sp³-hybridized carbons (Fsp3) is 0.200. The van der Waals surface area contributed by atoms with Crippen molar-refractivity contribution in [3.05, 3.63) is 58.9 Å². The predicted molar refractivity (Wildman–Crippen MR) is 72.2 cm³/mol. The van der Waals surface area contributed by atoms with Gasteiger partial charge in [-0.15, -0.1) is 0 Å². The van der Waals surface area contributed by atoms with E-state index >= 15 is 0 Å². The minimum absolute atomic E-state index is 0.454. The number of anilines is 1. The summed E-state index contributed by atoms with van der Waals surface area (Å²) in [6, 6.07) is 12.0. The van der Waals surface area contributed by atoms with Crippen LogP contribution in [0.1, 0.15) is 22.4 Å². The molecule has 3 heteroatoms. The van der Waals surface area contributed by atoms with Crippen LogP contribution in [0.15, 0.2) is 36.5 Å². The zero-order valence-corrected chi connectivity index (χ0v) is 10.6. The number of hydrogen-bond donors (Lipinski definition) is 1. The molecule has 0 spiro atoms. The minimum Gasteiger partial charge on any atom is -0.381 e. The maximum Gasteiger partial charge on any atom is 0.140 e. The van der Waals surface area contributed by atoms with Crippen molar-refractivity contribution in [1.29, 1.82) is 5.26 Å². The standard InChI is InChI=1S/C15H15N3/c1-11-4-3-5-12(2)15(11)18-10-13-6-7-17-14(8-13)9-16/h3-8,18H,10H2,1-2H3. The molecule has 0 fully saturated rings. The second kappa shape index (κ2) is 5.33. The van der Waals surface area contributed by atoms with E-state index < -0.39 is 0 Å². The van der Waals surface area contributed by atoms with Crippen LogP contribution in [-0.2, 0) is 6.54 Å². The molecule has 0 aliphatic carbocycles. The highest BCUT2D eigenvalue weighted by Gasteiger charge is 2.02. The summed E-state index contributed by atoms with van der Waals surface area (Å²) in [6.45, 7) is 4.87. The molecule has 0 aliphatic rings. The Morgan fingerprint density at radius 1 is 1.22 bits per heavy atom. The number of para-hydroxylation sites is 1. The molecule has 0 bridgehead atoms. The van der Waals surface area contributed by atoms with Crippen LogP contribution in [-0.4, -0.2) is 4.98 Å².